The topological polar surface area (TPSA) is 77.1 Å². The van der Waals surface area contributed by atoms with Gasteiger partial charge in [0.15, 0.2) is 17.3 Å². The first kappa shape index (κ1) is 25.4. The lowest BCUT2D eigenvalue weighted by atomic mass is 9.97. The van der Waals surface area contributed by atoms with Crippen LogP contribution in [0.5, 0.6) is 11.5 Å². The molecule has 1 fully saturated rings. The molecule has 1 amide bonds. The van der Waals surface area contributed by atoms with Gasteiger partial charge in [-0.3, -0.25) is 14.5 Å². The number of benzene rings is 3. The molecule has 36 heavy (non-hydrogen) atoms. The number of methoxy groups -OCH3 is 1. The normalized spacial score (nSPS) is 14.6. The largest absolute Gasteiger partial charge is 0.493 e. The molecule has 7 nitrogen and oxygen atoms in total. The predicted molar refractivity (Wildman–Crippen MR) is 138 cm³/mol. The van der Waals surface area contributed by atoms with Crippen molar-refractivity contribution in [2.75, 3.05) is 46.6 Å². The summed E-state index contributed by atoms with van der Waals surface area (Å²) in [7, 11) is 1.62. The summed E-state index contributed by atoms with van der Waals surface area (Å²) in [6.45, 7) is 5.60. The molecular formula is C29H32N2O5. The average molecular weight is 489 g/mol. The third-order valence-corrected chi connectivity index (χ3v) is 6.27. The zero-order valence-corrected chi connectivity index (χ0v) is 20.7. The number of ketones is 1. The van der Waals surface area contributed by atoms with E-state index in [-0.39, 0.29) is 17.7 Å². The monoisotopic (exact) mass is 488 g/mol. The fourth-order valence-corrected chi connectivity index (χ4v) is 4.42. The summed E-state index contributed by atoms with van der Waals surface area (Å²) in [6, 6.07) is 21.7. The molecule has 1 atom stereocenters. The molecule has 1 heterocycles. The Balaban J connectivity index is 1.57. The van der Waals surface area contributed by atoms with Crippen LogP contribution in [-0.4, -0.2) is 63.2 Å². The number of nitrogens with zero attached hydrogens (tertiary/aromatic N) is 1. The van der Waals surface area contributed by atoms with Gasteiger partial charge < -0.3 is 19.5 Å². The van der Waals surface area contributed by atoms with E-state index in [1.54, 1.807) is 43.5 Å². The number of carbonyl (C=O) groups is 2. The molecule has 0 aliphatic carbocycles. The maximum atomic E-state index is 13.3. The van der Waals surface area contributed by atoms with Gasteiger partial charge in [0.2, 0.25) is 0 Å². The summed E-state index contributed by atoms with van der Waals surface area (Å²) in [5.41, 5.74) is 2.29. The summed E-state index contributed by atoms with van der Waals surface area (Å²) >= 11 is 0. The number of morpholine rings is 1. The highest BCUT2D eigenvalue weighted by molar-refractivity contribution is 6.15. The highest BCUT2D eigenvalue weighted by atomic mass is 16.5. The molecule has 7 heteroatoms. The molecule has 3 aromatic rings. The Hall–Kier alpha value is -3.68. The first-order chi connectivity index (χ1) is 17.6. The summed E-state index contributed by atoms with van der Waals surface area (Å²) in [4.78, 5) is 28.7. The van der Waals surface area contributed by atoms with Gasteiger partial charge >= 0.3 is 0 Å². The molecule has 4 rings (SSSR count). The molecule has 0 saturated carbocycles. The van der Waals surface area contributed by atoms with Crippen molar-refractivity contribution in [2.24, 2.45) is 0 Å². The second kappa shape index (κ2) is 12.3. The van der Waals surface area contributed by atoms with Gasteiger partial charge in [0.25, 0.3) is 5.91 Å². The Morgan fingerprint density at radius 2 is 1.64 bits per heavy atom. The van der Waals surface area contributed by atoms with Crippen LogP contribution in [0, 0.1) is 0 Å². The minimum atomic E-state index is -0.286. The number of hydrogen-bond acceptors (Lipinski definition) is 6. The highest BCUT2D eigenvalue weighted by Crippen LogP contribution is 2.32. The SMILES string of the molecule is CCOc1ccc(C(CNC(=O)c2ccccc2C(=O)c2ccccc2)N2CCOCC2)cc1OC. The zero-order chi connectivity index (χ0) is 25.3. The van der Waals surface area contributed by atoms with Gasteiger partial charge in [-0.1, -0.05) is 54.6 Å². The van der Waals surface area contributed by atoms with Crippen molar-refractivity contribution >= 4 is 11.7 Å². The molecule has 0 spiro atoms. The molecule has 188 valence electrons. The van der Waals surface area contributed by atoms with Crippen LogP contribution in [0.15, 0.2) is 72.8 Å². The van der Waals surface area contributed by atoms with E-state index in [2.05, 4.69) is 10.2 Å². The number of rotatable bonds is 10. The van der Waals surface area contributed by atoms with E-state index in [0.29, 0.717) is 54.6 Å². The van der Waals surface area contributed by atoms with E-state index < -0.39 is 0 Å². The minimum absolute atomic E-state index is 0.0978. The maximum absolute atomic E-state index is 13.3. The minimum Gasteiger partial charge on any atom is -0.493 e. The molecule has 3 aromatic carbocycles. The summed E-state index contributed by atoms with van der Waals surface area (Å²) < 4.78 is 16.8. The summed E-state index contributed by atoms with van der Waals surface area (Å²) in [6.07, 6.45) is 0. The van der Waals surface area contributed by atoms with Gasteiger partial charge in [-0.2, -0.15) is 0 Å². The second-order valence-corrected chi connectivity index (χ2v) is 8.46. The van der Waals surface area contributed by atoms with Crippen molar-refractivity contribution in [1.29, 1.82) is 0 Å². The average Bonchev–Trinajstić information content (AvgIpc) is 2.94. The second-order valence-electron chi connectivity index (χ2n) is 8.46. The smallest absolute Gasteiger partial charge is 0.252 e. The van der Waals surface area contributed by atoms with Gasteiger partial charge in [0, 0.05) is 30.8 Å². The molecule has 0 aromatic heterocycles. The quantitative estimate of drug-likeness (QED) is 0.433. The van der Waals surface area contributed by atoms with Crippen molar-refractivity contribution in [3.8, 4) is 11.5 Å². The third-order valence-electron chi connectivity index (χ3n) is 6.27. The van der Waals surface area contributed by atoms with E-state index in [0.717, 1.165) is 18.7 Å². The first-order valence-corrected chi connectivity index (χ1v) is 12.2. The fraction of sp³-hybridized carbons (Fsp3) is 0.310. The van der Waals surface area contributed by atoms with Crippen LogP contribution in [0.3, 0.4) is 0 Å². The van der Waals surface area contributed by atoms with Crippen molar-refractivity contribution in [3.05, 3.63) is 95.1 Å². The number of hydrogen-bond donors (Lipinski definition) is 1. The van der Waals surface area contributed by atoms with E-state index in [4.69, 9.17) is 14.2 Å². The molecule has 1 aliphatic rings. The number of ether oxygens (including phenoxy) is 3. The Morgan fingerprint density at radius 1 is 0.944 bits per heavy atom. The van der Waals surface area contributed by atoms with Gasteiger partial charge in [-0.15, -0.1) is 0 Å². The van der Waals surface area contributed by atoms with Crippen molar-refractivity contribution in [1.82, 2.24) is 10.2 Å². The van der Waals surface area contributed by atoms with Crippen LogP contribution in [-0.2, 0) is 4.74 Å². The van der Waals surface area contributed by atoms with Gasteiger partial charge in [-0.05, 0) is 30.7 Å². The van der Waals surface area contributed by atoms with Crippen molar-refractivity contribution < 1.29 is 23.8 Å². The van der Waals surface area contributed by atoms with E-state index in [1.807, 2.05) is 43.3 Å². The lowest BCUT2D eigenvalue weighted by molar-refractivity contribution is 0.0162. The predicted octanol–water partition coefficient (Wildman–Crippen LogP) is 4.13. The maximum Gasteiger partial charge on any atom is 0.252 e. The number of nitrogens with one attached hydrogen (secondary N) is 1. The van der Waals surface area contributed by atoms with Crippen LogP contribution >= 0.6 is 0 Å². The molecule has 0 bridgehead atoms. The van der Waals surface area contributed by atoms with E-state index in [1.165, 1.54) is 0 Å². The first-order valence-electron chi connectivity index (χ1n) is 12.2. The van der Waals surface area contributed by atoms with Crippen molar-refractivity contribution in [2.45, 2.75) is 13.0 Å². The fourth-order valence-electron chi connectivity index (χ4n) is 4.42. The number of amides is 1. The lowest BCUT2D eigenvalue weighted by Gasteiger charge is -2.35. The lowest BCUT2D eigenvalue weighted by Crippen LogP contribution is -2.44. The molecular weight excluding hydrogens is 456 g/mol. The molecule has 1 N–H and O–H groups in total. The molecule has 1 unspecified atom stereocenters. The standard InChI is InChI=1S/C29H32N2O5/c1-3-36-26-14-13-22(19-27(26)34-2)25(31-15-17-35-18-16-31)20-30-29(33)24-12-8-7-11-23(24)28(32)21-9-5-4-6-10-21/h4-14,19,25H,3,15-18,20H2,1-2H3,(H,30,33). The third kappa shape index (κ3) is 5.93. The van der Waals surface area contributed by atoms with Gasteiger partial charge in [0.1, 0.15) is 0 Å². The van der Waals surface area contributed by atoms with Crippen LogP contribution in [0.2, 0.25) is 0 Å². The van der Waals surface area contributed by atoms with Gasteiger partial charge in [0.05, 0.1) is 38.5 Å². The number of carbonyl (C=O) groups excluding carboxylic acids is 2. The van der Waals surface area contributed by atoms with Crippen LogP contribution in [0.25, 0.3) is 0 Å². The molecule has 1 aliphatic heterocycles. The Bertz CT molecular complexity index is 1180. The Kier molecular flexibility index (Phi) is 8.71. The molecule has 1 saturated heterocycles. The van der Waals surface area contributed by atoms with Crippen molar-refractivity contribution in [3.63, 3.8) is 0 Å². The van der Waals surface area contributed by atoms with Crippen LogP contribution in [0.1, 0.15) is 44.8 Å². The van der Waals surface area contributed by atoms with E-state index in [9.17, 15) is 9.59 Å². The summed E-state index contributed by atoms with van der Waals surface area (Å²) in [5.74, 6) is 0.868. The van der Waals surface area contributed by atoms with Crippen LogP contribution in [0.4, 0.5) is 0 Å². The highest BCUT2D eigenvalue weighted by Gasteiger charge is 2.25. The molecule has 0 radical (unpaired) electrons. The zero-order valence-electron chi connectivity index (χ0n) is 20.7. The van der Waals surface area contributed by atoms with Crippen LogP contribution < -0.4 is 14.8 Å². The van der Waals surface area contributed by atoms with E-state index >= 15 is 0 Å². The van der Waals surface area contributed by atoms with Gasteiger partial charge in [-0.25, -0.2) is 0 Å². The Morgan fingerprint density at radius 3 is 2.33 bits per heavy atom. The Labute approximate surface area is 212 Å². The summed E-state index contributed by atoms with van der Waals surface area (Å²) in [5, 5.41) is 3.07.